The lowest BCUT2D eigenvalue weighted by molar-refractivity contribution is -0.127. The summed E-state index contributed by atoms with van der Waals surface area (Å²) in [6.45, 7) is 1.88. The van der Waals surface area contributed by atoms with Crippen LogP contribution in [-0.4, -0.2) is 46.8 Å². The second-order valence-electron chi connectivity index (χ2n) is 9.99. The summed E-state index contributed by atoms with van der Waals surface area (Å²) < 4.78 is 0. The van der Waals surface area contributed by atoms with E-state index in [1.165, 1.54) is 37.7 Å². The molecule has 2 fully saturated rings. The molecule has 0 amide bonds. The molecule has 4 aromatic carbocycles. The Bertz CT molecular complexity index is 1370. The van der Waals surface area contributed by atoms with Gasteiger partial charge in [0.05, 0.1) is 6.04 Å². The fourth-order valence-electron chi connectivity index (χ4n) is 6.01. The number of fused-ring (bicyclic) bond motifs is 3. The number of hydroxylamine groups is 2. The zero-order valence-corrected chi connectivity index (χ0v) is 19.4. The van der Waals surface area contributed by atoms with Gasteiger partial charge in [-0.25, -0.2) is 5.06 Å². The van der Waals surface area contributed by atoms with Crippen molar-refractivity contribution < 1.29 is 5.21 Å². The Morgan fingerprint density at radius 1 is 0.771 bits per heavy atom. The van der Waals surface area contributed by atoms with E-state index in [0.717, 1.165) is 13.1 Å². The molecule has 4 aromatic rings. The predicted octanol–water partition coefficient (Wildman–Crippen LogP) is 5.18. The molecular formula is C30H28N4O. The van der Waals surface area contributed by atoms with Crippen LogP contribution in [0.15, 0.2) is 102 Å². The molecular weight excluding hydrogens is 432 g/mol. The van der Waals surface area contributed by atoms with Crippen LogP contribution in [0.25, 0.3) is 21.5 Å². The monoisotopic (exact) mass is 460 g/mol. The lowest BCUT2D eigenvalue weighted by Gasteiger charge is -2.33. The number of rotatable bonds is 5. The van der Waals surface area contributed by atoms with E-state index in [0.29, 0.717) is 17.9 Å². The molecule has 2 heterocycles. The van der Waals surface area contributed by atoms with Crippen molar-refractivity contribution in [1.29, 1.82) is 0 Å². The van der Waals surface area contributed by atoms with Gasteiger partial charge < -0.3 is 5.32 Å². The maximum absolute atomic E-state index is 10.2. The predicted molar refractivity (Wildman–Crippen MR) is 140 cm³/mol. The van der Waals surface area contributed by atoms with Crippen LogP contribution < -0.4 is 5.32 Å². The molecule has 1 saturated carbocycles. The first-order chi connectivity index (χ1) is 17.2. The molecule has 0 aromatic heterocycles. The minimum absolute atomic E-state index is 0.123. The standard InChI is InChI=1S/C30H28N4O/c35-34-15-5-14-31-30(34)33-18-26-27(19-33)29(26)32-28(24-12-10-20-6-1-3-8-22(20)16-24)25-13-11-21-7-2-4-9-23(21)17-25/h1-17,26-30,32,35H,18-19H2. The van der Waals surface area contributed by atoms with E-state index < -0.39 is 0 Å². The fraction of sp³-hybridized carbons (Fsp3) is 0.233. The van der Waals surface area contributed by atoms with Crippen molar-refractivity contribution in [2.45, 2.75) is 18.4 Å². The van der Waals surface area contributed by atoms with Crippen molar-refractivity contribution >= 4 is 27.8 Å². The summed E-state index contributed by atoms with van der Waals surface area (Å²) in [6, 6.07) is 31.4. The van der Waals surface area contributed by atoms with Crippen molar-refractivity contribution in [3.8, 4) is 0 Å². The Morgan fingerprint density at radius 2 is 1.34 bits per heavy atom. The van der Waals surface area contributed by atoms with E-state index in [4.69, 9.17) is 0 Å². The first-order valence-corrected chi connectivity index (χ1v) is 12.4. The molecule has 3 aliphatic rings. The molecule has 3 unspecified atom stereocenters. The smallest absolute Gasteiger partial charge is 0.201 e. The van der Waals surface area contributed by atoms with E-state index in [1.807, 2.05) is 0 Å². The lowest BCUT2D eigenvalue weighted by Crippen LogP contribution is -2.46. The molecule has 1 aliphatic carbocycles. The molecule has 2 N–H and O–H groups in total. The van der Waals surface area contributed by atoms with Crippen LogP contribution in [-0.2, 0) is 0 Å². The van der Waals surface area contributed by atoms with Crippen molar-refractivity contribution in [2.75, 3.05) is 13.1 Å². The average molecular weight is 461 g/mol. The van der Waals surface area contributed by atoms with Gasteiger partial charge in [-0.2, -0.15) is 0 Å². The zero-order valence-electron chi connectivity index (χ0n) is 19.4. The topological polar surface area (TPSA) is 51.1 Å². The SMILES string of the molecule is ON1C=CC=NC1N1CC2C(C1)C2NC(c1ccc2ccccc2c1)c1ccc2ccccc2c1. The summed E-state index contributed by atoms with van der Waals surface area (Å²) in [5.41, 5.74) is 2.59. The third-order valence-electron chi connectivity index (χ3n) is 7.90. The third-order valence-corrected chi connectivity index (χ3v) is 7.90. The van der Waals surface area contributed by atoms with E-state index in [-0.39, 0.29) is 12.3 Å². The van der Waals surface area contributed by atoms with Crippen LogP contribution >= 0.6 is 0 Å². The van der Waals surface area contributed by atoms with Gasteiger partial charge in [0, 0.05) is 31.5 Å². The van der Waals surface area contributed by atoms with Crippen LogP contribution in [0.1, 0.15) is 17.2 Å². The van der Waals surface area contributed by atoms with Gasteiger partial charge in [0.2, 0.25) is 6.29 Å². The Kier molecular flexibility index (Phi) is 4.94. The molecule has 5 nitrogen and oxygen atoms in total. The van der Waals surface area contributed by atoms with Gasteiger partial charge in [-0.15, -0.1) is 0 Å². The highest BCUT2D eigenvalue weighted by atomic mass is 16.5. The first kappa shape index (κ1) is 20.8. The second-order valence-corrected chi connectivity index (χ2v) is 9.99. The number of nitrogens with one attached hydrogen (secondary N) is 1. The van der Waals surface area contributed by atoms with E-state index in [1.54, 1.807) is 18.5 Å². The normalized spacial score (nSPS) is 25.6. The summed E-state index contributed by atoms with van der Waals surface area (Å²) in [6.07, 6.45) is 4.90. The van der Waals surface area contributed by atoms with Gasteiger partial charge in [0.15, 0.2) is 0 Å². The highest BCUT2D eigenvalue weighted by Gasteiger charge is 2.57. The van der Waals surface area contributed by atoms with Gasteiger partial charge in [-0.1, -0.05) is 72.8 Å². The molecule has 3 atom stereocenters. The van der Waals surface area contributed by atoms with Crippen molar-refractivity contribution in [3.05, 3.63) is 108 Å². The highest BCUT2D eigenvalue weighted by molar-refractivity contribution is 5.84. The number of piperidine rings is 1. The number of aliphatic imine (C=N–C) groups is 1. The van der Waals surface area contributed by atoms with Crippen LogP contribution in [0.5, 0.6) is 0 Å². The Hall–Kier alpha value is -3.51. The number of allylic oxidation sites excluding steroid dienone is 1. The minimum Gasteiger partial charge on any atom is -0.303 e. The highest BCUT2D eigenvalue weighted by Crippen LogP contribution is 2.48. The maximum Gasteiger partial charge on any atom is 0.201 e. The molecule has 1 saturated heterocycles. The van der Waals surface area contributed by atoms with Crippen LogP contribution in [0.2, 0.25) is 0 Å². The molecule has 0 spiro atoms. The summed E-state index contributed by atoms with van der Waals surface area (Å²) in [7, 11) is 0. The Morgan fingerprint density at radius 3 is 1.91 bits per heavy atom. The molecule has 5 heteroatoms. The summed E-state index contributed by atoms with van der Waals surface area (Å²) in [5, 5.41) is 20.5. The van der Waals surface area contributed by atoms with Gasteiger partial charge in [-0.3, -0.25) is 15.1 Å². The summed E-state index contributed by atoms with van der Waals surface area (Å²) >= 11 is 0. The second kappa shape index (κ2) is 8.31. The Balaban J connectivity index is 1.18. The van der Waals surface area contributed by atoms with E-state index in [2.05, 4.69) is 100 Å². The fourth-order valence-corrected chi connectivity index (χ4v) is 6.01. The maximum atomic E-state index is 10.2. The summed E-state index contributed by atoms with van der Waals surface area (Å²) in [5.74, 6) is 1.15. The molecule has 2 aliphatic heterocycles. The van der Waals surface area contributed by atoms with E-state index >= 15 is 0 Å². The summed E-state index contributed by atoms with van der Waals surface area (Å²) in [4.78, 5) is 6.73. The first-order valence-electron chi connectivity index (χ1n) is 12.4. The van der Waals surface area contributed by atoms with Crippen LogP contribution in [0.4, 0.5) is 0 Å². The van der Waals surface area contributed by atoms with Crippen LogP contribution in [0.3, 0.4) is 0 Å². The van der Waals surface area contributed by atoms with Crippen molar-refractivity contribution in [1.82, 2.24) is 15.3 Å². The average Bonchev–Trinajstić information content (AvgIpc) is 3.34. The molecule has 0 radical (unpaired) electrons. The Labute approximate surface area is 205 Å². The van der Waals surface area contributed by atoms with Crippen LogP contribution in [0, 0.1) is 11.8 Å². The van der Waals surface area contributed by atoms with Gasteiger partial charge in [0.1, 0.15) is 0 Å². The molecule has 35 heavy (non-hydrogen) atoms. The van der Waals surface area contributed by atoms with Crippen molar-refractivity contribution in [2.24, 2.45) is 16.8 Å². The largest absolute Gasteiger partial charge is 0.303 e. The van der Waals surface area contributed by atoms with E-state index in [9.17, 15) is 5.21 Å². The number of nitrogens with zero attached hydrogens (tertiary/aromatic N) is 3. The quantitative estimate of drug-likeness (QED) is 0.431. The number of hydrogen-bond donors (Lipinski definition) is 2. The van der Waals surface area contributed by atoms with Crippen molar-refractivity contribution in [3.63, 3.8) is 0 Å². The van der Waals surface area contributed by atoms with Gasteiger partial charge >= 0.3 is 0 Å². The molecule has 7 rings (SSSR count). The minimum atomic E-state index is -0.301. The number of likely N-dealkylation sites (tertiary alicyclic amines) is 1. The lowest BCUT2D eigenvalue weighted by atomic mass is 9.94. The number of hydrogen-bond acceptors (Lipinski definition) is 5. The molecule has 174 valence electrons. The number of benzene rings is 4. The molecule has 0 bridgehead atoms. The third kappa shape index (κ3) is 3.73. The van der Waals surface area contributed by atoms with Gasteiger partial charge in [-0.05, 0) is 62.7 Å². The van der Waals surface area contributed by atoms with Gasteiger partial charge in [0.25, 0.3) is 0 Å². The zero-order chi connectivity index (χ0) is 23.4.